The molecule has 2 rings (SSSR count). The lowest BCUT2D eigenvalue weighted by molar-refractivity contribution is 0.0649. The number of rotatable bonds is 5. The largest absolute Gasteiger partial charge is 0.378 e. The van der Waals surface area contributed by atoms with Crippen LogP contribution in [0.4, 0.5) is 5.69 Å². The summed E-state index contributed by atoms with van der Waals surface area (Å²) in [7, 11) is 4.00. The summed E-state index contributed by atoms with van der Waals surface area (Å²) in [6.07, 6.45) is 5.94. The van der Waals surface area contributed by atoms with Crippen LogP contribution in [0, 0.1) is 0 Å². The van der Waals surface area contributed by atoms with E-state index in [0.29, 0.717) is 18.5 Å². The highest BCUT2D eigenvalue weighted by atomic mass is 35.5. The van der Waals surface area contributed by atoms with E-state index in [4.69, 9.17) is 11.6 Å². The molecule has 21 heavy (non-hydrogen) atoms. The first-order valence-electron chi connectivity index (χ1n) is 7.78. The molecule has 0 unspecified atom stereocenters. The van der Waals surface area contributed by atoms with Crippen molar-refractivity contribution in [3.05, 3.63) is 29.8 Å². The first-order valence-corrected chi connectivity index (χ1v) is 8.31. The molecule has 3 nitrogen and oxygen atoms in total. The van der Waals surface area contributed by atoms with Crippen molar-refractivity contribution in [1.82, 2.24) is 4.90 Å². The number of anilines is 1. The second-order valence-corrected chi connectivity index (χ2v) is 6.30. The molecule has 1 aliphatic carbocycles. The van der Waals surface area contributed by atoms with Crippen molar-refractivity contribution in [3.63, 3.8) is 0 Å². The van der Waals surface area contributed by atoms with Gasteiger partial charge in [-0.1, -0.05) is 19.3 Å². The van der Waals surface area contributed by atoms with Crippen LogP contribution < -0.4 is 4.90 Å². The summed E-state index contributed by atoms with van der Waals surface area (Å²) in [6.45, 7) is 0.639. The van der Waals surface area contributed by atoms with Gasteiger partial charge >= 0.3 is 0 Å². The fourth-order valence-electron chi connectivity index (χ4n) is 3.00. The summed E-state index contributed by atoms with van der Waals surface area (Å²) in [6, 6.07) is 8.18. The molecular formula is C17H25ClN2O. The predicted molar refractivity (Wildman–Crippen MR) is 89.4 cm³/mol. The third kappa shape index (κ3) is 4.13. The number of hydrogen-bond acceptors (Lipinski definition) is 2. The van der Waals surface area contributed by atoms with Crippen LogP contribution in [0.3, 0.4) is 0 Å². The quantitative estimate of drug-likeness (QED) is 0.773. The van der Waals surface area contributed by atoms with E-state index in [1.165, 1.54) is 19.3 Å². The third-order valence-corrected chi connectivity index (χ3v) is 4.40. The van der Waals surface area contributed by atoms with E-state index in [2.05, 4.69) is 0 Å². The van der Waals surface area contributed by atoms with E-state index in [1.54, 1.807) is 0 Å². The molecule has 1 aromatic rings. The Kier molecular flexibility index (Phi) is 5.92. The zero-order chi connectivity index (χ0) is 15.2. The van der Waals surface area contributed by atoms with Gasteiger partial charge in [0, 0.05) is 43.8 Å². The van der Waals surface area contributed by atoms with Gasteiger partial charge in [0.15, 0.2) is 0 Å². The lowest BCUT2D eigenvalue weighted by atomic mass is 9.93. The predicted octanol–water partition coefficient (Wildman–Crippen LogP) is 3.77. The molecule has 0 spiro atoms. The maximum Gasteiger partial charge on any atom is 0.254 e. The van der Waals surface area contributed by atoms with E-state index in [-0.39, 0.29) is 5.91 Å². The van der Waals surface area contributed by atoms with Gasteiger partial charge in [-0.15, -0.1) is 11.6 Å². The Morgan fingerprint density at radius 2 is 1.76 bits per heavy atom. The van der Waals surface area contributed by atoms with Crippen molar-refractivity contribution >= 4 is 23.2 Å². The van der Waals surface area contributed by atoms with Gasteiger partial charge < -0.3 is 9.80 Å². The normalized spacial score (nSPS) is 15.8. The molecule has 1 amide bonds. The van der Waals surface area contributed by atoms with Crippen LogP contribution in [0.1, 0.15) is 42.5 Å². The molecule has 0 bridgehead atoms. The lowest BCUT2D eigenvalue weighted by Gasteiger charge is -2.34. The number of benzene rings is 1. The minimum absolute atomic E-state index is 0.118. The molecule has 1 fully saturated rings. The molecule has 4 heteroatoms. The molecular weight excluding hydrogens is 284 g/mol. The van der Waals surface area contributed by atoms with Crippen LogP contribution in [-0.2, 0) is 0 Å². The Morgan fingerprint density at radius 1 is 1.14 bits per heavy atom. The zero-order valence-corrected chi connectivity index (χ0v) is 13.8. The highest BCUT2D eigenvalue weighted by Crippen LogP contribution is 2.24. The maximum atomic E-state index is 12.8. The highest BCUT2D eigenvalue weighted by molar-refractivity contribution is 6.18. The Labute approximate surface area is 132 Å². The van der Waals surface area contributed by atoms with E-state index >= 15 is 0 Å². The van der Waals surface area contributed by atoms with Crippen LogP contribution in [0.5, 0.6) is 0 Å². The average molecular weight is 309 g/mol. The Bertz CT molecular complexity index is 452. The molecule has 0 N–H and O–H groups in total. The number of halogens is 1. The van der Waals surface area contributed by atoms with Gasteiger partial charge in [0.25, 0.3) is 5.91 Å². The van der Waals surface area contributed by atoms with E-state index < -0.39 is 0 Å². The van der Waals surface area contributed by atoms with E-state index in [1.807, 2.05) is 48.2 Å². The van der Waals surface area contributed by atoms with Crippen LogP contribution in [0.2, 0.25) is 0 Å². The average Bonchev–Trinajstić information content (AvgIpc) is 2.53. The second kappa shape index (κ2) is 7.69. The van der Waals surface area contributed by atoms with Gasteiger partial charge in [-0.3, -0.25) is 4.79 Å². The summed E-state index contributed by atoms with van der Waals surface area (Å²) in [5.41, 5.74) is 1.87. The molecule has 116 valence electrons. The summed E-state index contributed by atoms with van der Waals surface area (Å²) in [4.78, 5) is 16.8. The summed E-state index contributed by atoms with van der Waals surface area (Å²) in [5.74, 6) is 0.616. The second-order valence-electron chi connectivity index (χ2n) is 5.92. The number of nitrogens with zero attached hydrogens (tertiary/aromatic N) is 2. The van der Waals surface area contributed by atoms with E-state index in [9.17, 15) is 4.79 Å². The minimum atomic E-state index is 0.118. The van der Waals surface area contributed by atoms with Gasteiger partial charge in [0.1, 0.15) is 0 Å². The van der Waals surface area contributed by atoms with Crippen LogP contribution in [0.25, 0.3) is 0 Å². The smallest absolute Gasteiger partial charge is 0.254 e. The van der Waals surface area contributed by atoms with Gasteiger partial charge in [0.05, 0.1) is 0 Å². The molecule has 0 heterocycles. The van der Waals surface area contributed by atoms with Gasteiger partial charge in [-0.2, -0.15) is 0 Å². The molecule has 0 aromatic heterocycles. The van der Waals surface area contributed by atoms with Gasteiger partial charge in [-0.05, 0) is 37.1 Å². The highest BCUT2D eigenvalue weighted by Gasteiger charge is 2.25. The summed E-state index contributed by atoms with van der Waals surface area (Å²) >= 11 is 5.91. The first-order chi connectivity index (χ1) is 10.1. The Morgan fingerprint density at radius 3 is 2.29 bits per heavy atom. The Balaban J connectivity index is 2.13. The third-order valence-electron chi connectivity index (χ3n) is 4.23. The first kappa shape index (κ1) is 16.2. The van der Waals surface area contributed by atoms with E-state index in [0.717, 1.165) is 24.1 Å². The van der Waals surface area contributed by atoms with Crippen molar-refractivity contribution in [1.29, 1.82) is 0 Å². The number of amides is 1. The molecule has 0 saturated heterocycles. The van der Waals surface area contributed by atoms with Gasteiger partial charge in [-0.25, -0.2) is 0 Å². The Hall–Kier alpha value is -1.22. The molecule has 1 aromatic carbocycles. The van der Waals surface area contributed by atoms with Crippen LogP contribution in [-0.4, -0.2) is 43.4 Å². The van der Waals surface area contributed by atoms with Crippen LogP contribution >= 0.6 is 11.6 Å². The number of carbonyl (C=O) groups is 1. The minimum Gasteiger partial charge on any atom is -0.378 e. The molecule has 0 atom stereocenters. The molecule has 1 aliphatic rings. The fourth-order valence-corrected chi connectivity index (χ4v) is 3.18. The zero-order valence-electron chi connectivity index (χ0n) is 13.0. The van der Waals surface area contributed by atoms with Crippen molar-refractivity contribution in [3.8, 4) is 0 Å². The number of carbonyl (C=O) groups excluding carboxylic acids is 1. The van der Waals surface area contributed by atoms with Gasteiger partial charge in [0.2, 0.25) is 0 Å². The maximum absolute atomic E-state index is 12.8. The molecule has 0 radical (unpaired) electrons. The monoisotopic (exact) mass is 308 g/mol. The number of alkyl halides is 1. The summed E-state index contributed by atoms with van der Waals surface area (Å²) in [5, 5.41) is 0. The molecule has 1 saturated carbocycles. The topological polar surface area (TPSA) is 23.6 Å². The van der Waals surface area contributed by atoms with Crippen molar-refractivity contribution in [2.45, 2.75) is 38.1 Å². The lowest BCUT2D eigenvalue weighted by Crippen LogP contribution is -2.42. The van der Waals surface area contributed by atoms with Crippen molar-refractivity contribution in [2.75, 3.05) is 31.4 Å². The van der Waals surface area contributed by atoms with Crippen molar-refractivity contribution in [2.24, 2.45) is 0 Å². The van der Waals surface area contributed by atoms with Crippen LogP contribution in [0.15, 0.2) is 24.3 Å². The van der Waals surface area contributed by atoms with Crippen molar-refractivity contribution < 1.29 is 4.79 Å². The standard InChI is InChI=1S/C17H25ClN2O/c1-19(2)15-10-8-14(9-11-15)17(21)20(13-12-18)16-6-4-3-5-7-16/h8-11,16H,3-7,12-13H2,1-2H3. The summed E-state index contributed by atoms with van der Waals surface area (Å²) < 4.78 is 0. The fraction of sp³-hybridized carbons (Fsp3) is 0.588. The molecule has 0 aliphatic heterocycles. The number of hydrogen-bond donors (Lipinski definition) is 0. The SMILES string of the molecule is CN(C)c1ccc(C(=O)N(CCCl)C2CCCCC2)cc1.